The van der Waals surface area contributed by atoms with Crippen molar-refractivity contribution >= 4 is 17.6 Å². The highest BCUT2D eigenvalue weighted by molar-refractivity contribution is 5.96. The van der Waals surface area contributed by atoms with Gasteiger partial charge in [-0.2, -0.15) is 0 Å². The number of furan rings is 1. The molecule has 1 aliphatic rings. The maximum absolute atomic E-state index is 12.6. The molecule has 1 aliphatic heterocycles. The van der Waals surface area contributed by atoms with Gasteiger partial charge in [0.1, 0.15) is 18.1 Å². The number of amides is 1. The lowest BCUT2D eigenvalue weighted by atomic mass is 10.2. The molecule has 3 aromatic rings. The van der Waals surface area contributed by atoms with Crippen LogP contribution in [0, 0.1) is 0 Å². The van der Waals surface area contributed by atoms with Crippen LogP contribution in [0.2, 0.25) is 0 Å². The van der Waals surface area contributed by atoms with E-state index in [1.165, 1.54) is 0 Å². The van der Waals surface area contributed by atoms with E-state index < -0.39 is 5.97 Å². The highest BCUT2D eigenvalue weighted by Gasteiger charge is 2.32. The Bertz CT molecular complexity index is 1140. The largest absolute Gasteiger partial charge is 0.497 e. The summed E-state index contributed by atoms with van der Waals surface area (Å²) in [7, 11) is 1.64. The van der Waals surface area contributed by atoms with Crippen LogP contribution in [0.5, 0.6) is 5.75 Å². The van der Waals surface area contributed by atoms with Crippen LogP contribution in [-0.2, 0) is 38.8 Å². The maximum Gasteiger partial charge on any atom is 0.374 e. The smallest absolute Gasteiger partial charge is 0.374 e. The van der Waals surface area contributed by atoms with Crippen LogP contribution in [-0.4, -0.2) is 38.2 Å². The minimum absolute atomic E-state index is 0.0610. The summed E-state index contributed by atoms with van der Waals surface area (Å²) >= 11 is 0. The predicted molar refractivity (Wildman–Crippen MR) is 133 cm³/mol. The SMILES string of the molecule is CCOC(=O)c1ccc(COCC2CCC(=O)N2c2ccc(COCc3ccc(OC)cc3)cc2)o1. The number of ether oxygens (including phenoxy) is 4. The van der Waals surface area contributed by atoms with Crippen LogP contribution in [0.1, 0.15) is 47.2 Å². The molecule has 2 aromatic carbocycles. The summed E-state index contributed by atoms with van der Waals surface area (Å²) < 4.78 is 27.2. The predicted octanol–water partition coefficient (Wildman–Crippen LogP) is 4.89. The summed E-state index contributed by atoms with van der Waals surface area (Å²) in [5.41, 5.74) is 2.94. The van der Waals surface area contributed by atoms with Gasteiger partial charge < -0.3 is 28.3 Å². The Hall–Kier alpha value is -3.62. The van der Waals surface area contributed by atoms with Crippen molar-refractivity contribution < 1.29 is 33.0 Å². The lowest BCUT2D eigenvalue weighted by molar-refractivity contribution is -0.117. The van der Waals surface area contributed by atoms with Gasteiger partial charge in [-0.25, -0.2) is 4.79 Å². The zero-order chi connectivity index (χ0) is 25.3. The van der Waals surface area contributed by atoms with Crippen LogP contribution < -0.4 is 9.64 Å². The first kappa shape index (κ1) is 25.5. The van der Waals surface area contributed by atoms with E-state index in [1.807, 2.05) is 48.5 Å². The average Bonchev–Trinajstić information content (AvgIpc) is 3.52. The van der Waals surface area contributed by atoms with E-state index in [0.29, 0.717) is 32.0 Å². The molecule has 190 valence electrons. The summed E-state index contributed by atoms with van der Waals surface area (Å²) in [5.74, 6) is 1.09. The van der Waals surface area contributed by atoms with Gasteiger partial charge in [0.05, 0.1) is 39.6 Å². The molecule has 0 bridgehead atoms. The van der Waals surface area contributed by atoms with Crippen molar-refractivity contribution in [2.24, 2.45) is 0 Å². The number of esters is 1. The molecule has 0 saturated carbocycles. The summed E-state index contributed by atoms with van der Waals surface area (Å²) in [6.07, 6.45) is 1.20. The summed E-state index contributed by atoms with van der Waals surface area (Å²) in [6.45, 7) is 3.59. The summed E-state index contributed by atoms with van der Waals surface area (Å²) in [5, 5.41) is 0. The van der Waals surface area contributed by atoms with Crippen molar-refractivity contribution in [1.29, 1.82) is 0 Å². The molecule has 0 aliphatic carbocycles. The fraction of sp³-hybridized carbons (Fsp3) is 0.357. The van der Waals surface area contributed by atoms with Gasteiger partial charge in [0.2, 0.25) is 11.7 Å². The molecule has 0 spiro atoms. The summed E-state index contributed by atoms with van der Waals surface area (Å²) in [6, 6.07) is 18.8. The second-order valence-corrected chi connectivity index (χ2v) is 8.47. The van der Waals surface area contributed by atoms with Crippen molar-refractivity contribution in [2.75, 3.05) is 25.2 Å². The molecule has 0 N–H and O–H groups in total. The number of carbonyl (C=O) groups is 2. The van der Waals surface area contributed by atoms with E-state index in [-0.39, 0.29) is 30.9 Å². The number of nitrogens with zero attached hydrogens (tertiary/aromatic N) is 1. The van der Waals surface area contributed by atoms with Crippen LogP contribution in [0.15, 0.2) is 65.1 Å². The van der Waals surface area contributed by atoms with Gasteiger partial charge in [0.15, 0.2) is 0 Å². The summed E-state index contributed by atoms with van der Waals surface area (Å²) in [4.78, 5) is 26.1. The van der Waals surface area contributed by atoms with Crippen LogP contribution in [0.25, 0.3) is 0 Å². The quantitative estimate of drug-likeness (QED) is 0.332. The highest BCUT2D eigenvalue weighted by atomic mass is 16.5. The second kappa shape index (κ2) is 12.4. The lowest BCUT2D eigenvalue weighted by Crippen LogP contribution is -2.36. The zero-order valence-corrected chi connectivity index (χ0v) is 20.6. The van der Waals surface area contributed by atoms with Crippen molar-refractivity contribution in [2.45, 2.75) is 45.6 Å². The molecular formula is C28H31NO7. The Morgan fingerprint density at radius 1 is 0.944 bits per heavy atom. The fourth-order valence-electron chi connectivity index (χ4n) is 4.08. The first-order chi connectivity index (χ1) is 17.6. The molecule has 1 atom stereocenters. The topological polar surface area (TPSA) is 87.4 Å². The van der Waals surface area contributed by atoms with Crippen LogP contribution in [0.4, 0.5) is 5.69 Å². The minimum Gasteiger partial charge on any atom is -0.497 e. The number of methoxy groups -OCH3 is 1. The number of rotatable bonds is 12. The van der Waals surface area contributed by atoms with Gasteiger partial charge >= 0.3 is 5.97 Å². The van der Waals surface area contributed by atoms with Crippen molar-refractivity contribution in [3.63, 3.8) is 0 Å². The third kappa shape index (κ3) is 6.53. The second-order valence-electron chi connectivity index (χ2n) is 8.47. The highest BCUT2D eigenvalue weighted by Crippen LogP contribution is 2.28. The van der Waals surface area contributed by atoms with Gasteiger partial charge in [-0.15, -0.1) is 0 Å². The van der Waals surface area contributed by atoms with Gasteiger partial charge in [0.25, 0.3) is 0 Å². The van der Waals surface area contributed by atoms with E-state index in [2.05, 4.69) is 0 Å². The number of hydrogen-bond acceptors (Lipinski definition) is 7. The van der Waals surface area contributed by atoms with E-state index in [9.17, 15) is 9.59 Å². The van der Waals surface area contributed by atoms with Crippen molar-refractivity contribution in [1.82, 2.24) is 0 Å². The Labute approximate surface area is 210 Å². The molecule has 8 nitrogen and oxygen atoms in total. The first-order valence-corrected chi connectivity index (χ1v) is 12.0. The van der Waals surface area contributed by atoms with Gasteiger partial charge in [-0.3, -0.25) is 4.79 Å². The molecule has 1 fully saturated rings. The molecule has 0 radical (unpaired) electrons. The molecule has 36 heavy (non-hydrogen) atoms. The van der Waals surface area contributed by atoms with Crippen molar-refractivity contribution in [3.05, 3.63) is 83.3 Å². The monoisotopic (exact) mass is 493 g/mol. The molecular weight excluding hydrogens is 462 g/mol. The van der Waals surface area contributed by atoms with Crippen LogP contribution >= 0.6 is 0 Å². The Balaban J connectivity index is 1.26. The van der Waals surface area contributed by atoms with Gasteiger partial charge in [0, 0.05) is 12.1 Å². The average molecular weight is 494 g/mol. The van der Waals surface area contributed by atoms with Gasteiger partial charge in [-0.1, -0.05) is 24.3 Å². The molecule has 8 heteroatoms. The van der Waals surface area contributed by atoms with E-state index in [0.717, 1.165) is 29.0 Å². The first-order valence-electron chi connectivity index (χ1n) is 12.0. The number of benzene rings is 2. The number of anilines is 1. The molecule has 2 heterocycles. The number of carbonyl (C=O) groups excluding carboxylic acids is 2. The Morgan fingerprint density at radius 2 is 1.64 bits per heavy atom. The van der Waals surface area contributed by atoms with Crippen molar-refractivity contribution in [3.8, 4) is 5.75 Å². The van der Waals surface area contributed by atoms with Gasteiger partial charge in [-0.05, 0) is 60.9 Å². The standard InChI is InChI=1S/C28H31NO7/c1-3-35-28(31)26-14-13-25(36-26)19-34-18-23-10-15-27(30)29(23)22-8-4-20(5-9-22)16-33-17-21-6-11-24(32-2)12-7-21/h4-9,11-14,23H,3,10,15-19H2,1-2H3. The molecule has 1 saturated heterocycles. The zero-order valence-electron chi connectivity index (χ0n) is 20.6. The van der Waals surface area contributed by atoms with E-state index >= 15 is 0 Å². The fourth-order valence-corrected chi connectivity index (χ4v) is 4.08. The van der Waals surface area contributed by atoms with E-state index in [4.69, 9.17) is 23.4 Å². The van der Waals surface area contributed by atoms with E-state index in [1.54, 1.807) is 31.1 Å². The molecule has 1 unspecified atom stereocenters. The Kier molecular flexibility index (Phi) is 8.76. The Morgan fingerprint density at radius 3 is 2.31 bits per heavy atom. The number of hydrogen-bond donors (Lipinski definition) is 0. The molecule has 4 rings (SSSR count). The third-order valence-electron chi connectivity index (χ3n) is 5.93. The minimum atomic E-state index is -0.495. The normalized spacial score (nSPS) is 15.3. The lowest BCUT2D eigenvalue weighted by Gasteiger charge is -2.25. The maximum atomic E-state index is 12.6. The third-order valence-corrected chi connectivity index (χ3v) is 5.93. The van der Waals surface area contributed by atoms with Crippen LogP contribution in [0.3, 0.4) is 0 Å². The molecule has 1 amide bonds. The molecule has 1 aromatic heterocycles.